The second-order valence-corrected chi connectivity index (χ2v) is 6.00. The molecular weight excluding hydrogens is 296 g/mol. The summed E-state index contributed by atoms with van der Waals surface area (Å²) in [5.74, 6) is 1.59. The van der Waals surface area contributed by atoms with Gasteiger partial charge in [0, 0.05) is 18.3 Å². The summed E-state index contributed by atoms with van der Waals surface area (Å²) in [7, 11) is 0. The Morgan fingerprint density at radius 2 is 1.67 bits per heavy atom. The van der Waals surface area contributed by atoms with Crippen LogP contribution in [0.2, 0.25) is 0 Å². The van der Waals surface area contributed by atoms with Gasteiger partial charge in [-0.2, -0.15) is 0 Å². The van der Waals surface area contributed by atoms with E-state index < -0.39 is 0 Å². The van der Waals surface area contributed by atoms with E-state index in [4.69, 9.17) is 0 Å². The highest BCUT2D eigenvalue weighted by Gasteiger charge is 2.04. The molecule has 0 fully saturated rings. The molecular formula is C20H22N4. The summed E-state index contributed by atoms with van der Waals surface area (Å²) in [6, 6.07) is 16.6. The van der Waals surface area contributed by atoms with E-state index in [2.05, 4.69) is 77.8 Å². The first kappa shape index (κ1) is 16.0. The first-order chi connectivity index (χ1) is 11.6. The van der Waals surface area contributed by atoms with Crippen LogP contribution in [0.1, 0.15) is 22.3 Å². The number of rotatable bonds is 5. The molecule has 0 aliphatic rings. The fourth-order valence-corrected chi connectivity index (χ4v) is 2.56. The Morgan fingerprint density at radius 1 is 0.875 bits per heavy atom. The molecule has 0 atom stereocenters. The zero-order valence-electron chi connectivity index (χ0n) is 14.3. The average molecular weight is 318 g/mol. The minimum Gasteiger partial charge on any atom is -0.366 e. The van der Waals surface area contributed by atoms with Crippen molar-refractivity contribution >= 4 is 17.3 Å². The van der Waals surface area contributed by atoms with Crippen molar-refractivity contribution in [2.75, 3.05) is 10.6 Å². The van der Waals surface area contributed by atoms with Crippen LogP contribution in [0.5, 0.6) is 0 Å². The third-order valence-electron chi connectivity index (χ3n) is 4.09. The summed E-state index contributed by atoms with van der Waals surface area (Å²) in [6.45, 7) is 7.05. The summed E-state index contributed by atoms with van der Waals surface area (Å²) in [6.07, 6.45) is 1.58. The van der Waals surface area contributed by atoms with Crippen molar-refractivity contribution in [2.24, 2.45) is 0 Å². The van der Waals surface area contributed by atoms with Crippen LogP contribution in [0.25, 0.3) is 0 Å². The number of nitrogens with zero attached hydrogens (tertiary/aromatic N) is 2. The van der Waals surface area contributed by atoms with Crippen molar-refractivity contribution in [3.8, 4) is 0 Å². The minimum atomic E-state index is 0.738. The molecule has 0 unspecified atom stereocenters. The van der Waals surface area contributed by atoms with Crippen LogP contribution in [-0.2, 0) is 6.54 Å². The van der Waals surface area contributed by atoms with Gasteiger partial charge >= 0.3 is 0 Å². The van der Waals surface area contributed by atoms with E-state index in [1.54, 1.807) is 6.33 Å². The van der Waals surface area contributed by atoms with Gasteiger partial charge < -0.3 is 10.6 Å². The van der Waals surface area contributed by atoms with E-state index in [0.717, 1.165) is 23.9 Å². The van der Waals surface area contributed by atoms with Gasteiger partial charge in [0.1, 0.15) is 18.0 Å². The minimum absolute atomic E-state index is 0.738. The summed E-state index contributed by atoms with van der Waals surface area (Å²) < 4.78 is 0. The Hall–Kier alpha value is -2.88. The van der Waals surface area contributed by atoms with Crippen molar-refractivity contribution in [2.45, 2.75) is 27.3 Å². The van der Waals surface area contributed by atoms with E-state index in [1.165, 1.54) is 22.3 Å². The van der Waals surface area contributed by atoms with Crippen molar-refractivity contribution in [1.29, 1.82) is 0 Å². The van der Waals surface area contributed by atoms with E-state index >= 15 is 0 Å². The lowest BCUT2D eigenvalue weighted by molar-refractivity contribution is 1.08. The van der Waals surface area contributed by atoms with Gasteiger partial charge in [0.15, 0.2) is 0 Å². The number of nitrogens with one attached hydrogen (secondary N) is 2. The molecule has 2 aromatic carbocycles. The van der Waals surface area contributed by atoms with Crippen LogP contribution in [0, 0.1) is 20.8 Å². The Morgan fingerprint density at radius 3 is 2.50 bits per heavy atom. The molecule has 0 saturated heterocycles. The fraction of sp³-hybridized carbons (Fsp3) is 0.200. The van der Waals surface area contributed by atoms with Gasteiger partial charge in [0.25, 0.3) is 0 Å². The number of anilines is 3. The normalized spacial score (nSPS) is 10.5. The fourth-order valence-electron chi connectivity index (χ4n) is 2.56. The maximum atomic E-state index is 4.31. The monoisotopic (exact) mass is 318 g/mol. The Bertz CT molecular complexity index is 843. The molecule has 2 N–H and O–H groups in total. The Kier molecular flexibility index (Phi) is 4.75. The molecule has 0 bridgehead atoms. The molecule has 4 heteroatoms. The third-order valence-corrected chi connectivity index (χ3v) is 4.09. The largest absolute Gasteiger partial charge is 0.366 e. The van der Waals surface area contributed by atoms with Crippen LogP contribution >= 0.6 is 0 Å². The molecule has 0 aliphatic heterocycles. The predicted molar refractivity (Wildman–Crippen MR) is 99.7 cm³/mol. The lowest BCUT2D eigenvalue weighted by atomic mass is 10.1. The maximum Gasteiger partial charge on any atom is 0.135 e. The van der Waals surface area contributed by atoms with Crippen LogP contribution < -0.4 is 10.6 Å². The zero-order valence-corrected chi connectivity index (χ0v) is 14.3. The molecule has 122 valence electrons. The highest BCUT2D eigenvalue weighted by Crippen LogP contribution is 2.22. The molecule has 0 aliphatic carbocycles. The molecule has 4 nitrogen and oxygen atoms in total. The molecule has 3 aromatic rings. The molecule has 24 heavy (non-hydrogen) atoms. The highest BCUT2D eigenvalue weighted by molar-refractivity contribution is 5.63. The summed E-state index contributed by atoms with van der Waals surface area (Å²) in [4.78, 5) is 8.61. The van der Waals surface area contributed by atoms with Crippen molar-refractivity contribution < 1.29 is 0 Å². The lowest BCUT2D eigenvalue weighted by Crippen LogP contribution is -2.03. The summed E-state index contributed by atoms with van der Waals surface area (Å²) in [5, 5.41) is 6.72. The standard InChI is InChI=1S/C20H22N4/c1-14-6-4-8-17(10-14)12-21-19-11-20(23-13-22-19)24-18-9-5-7-15(2)16(18)3/h4-11,13H,12H2,1-3H3,(H2,21,22,23,24). The highest BCUT2D eigenvalue weighted by atomic mass is 15.1. The SMILES string of the molecule is Cc1cccc(CNc2cc(Nc3cccc(C)c3C)ncn2)c1. The second-order valence-electron chi connectivity index (χ2n) is 6.00. The van der Waals surface area contributed by atoms with Crippen LogP contribution in [0.15, 0.2) is 54.9 Å². The molecule has 3 rings (SSSR count). The van der Waals surface area contributed by atoms with E-state index in [9.17, 15) is 0 Å². The number of aryl methyl sites for hydroxylation is 2. The molecule has 0 saturated carbocycles. The van der Waals surface area contributed by atoms with Gasteiger partial charge in [-0.25, -0.2) is 9.97 Å². The van der Waals surface area contributed by atoms with Gasteiger partial charge in [0.05, 0.1) is 0 Å². The van der Waals surface area contributed by atoms with E-state index in [0.29, 0.717) is 0 Å². The Balaban J connectivity index is 1.71. The number of hydrogen-bond donors (Lipinski definition) is 2. The lowest BCUT2D eigenvalue weighted by Gasteiger charge is -2.12. The second kappa shape index (κ2) is 7.13. The van der Waals surface area contributed by atoms with Gasteiger partial charge in [-0.15, -0.1) is 0 Å². The van der Waals surface area contributed by atoms with Crippen molar-refractivity contribution in [3.05, 3.63) is 77.1 Å². The van der Waals surface area contributed by atoms with Crippen LogP contribution in [-0.4, -0.2) is 9.97 Å². The van der Waals surface area contributed by atoms with Crippen molar-refractivity contribution in [1.82, 2.24) is 9.97 Å². The van der Waals surface area contributed by atoms with Crippen LogP contribution in [0.3, 0.4) is 0 Å². The summed E-state index contributed by atoms with van der Waals surface area (Å²) in [5.41, 5.74) is 6.04. The molecule has 1 aromatic heterocycles. The van der Waals surface area contributed by atoms with Gasteiger partial charge in [-0.05, 0) is 43.5 Å². The number of aromatic nitrogens is 2. The average Bonchev–Trinajstić information content (AvgIpc) is 2.58. The Labute approximate surface area is 143 Å². The topological polar surface area (TPSA) is 49.8 Å². The van der Waals surface area contributed by atoms with Gasteiger partial charge in [0.2, 0.25) is 0 Å². The smallest absolute Gasteiger partial charge is 0.135 e. The molecule has 0 spiro atoms. The van der Waals surface area contributed by atoms with Gasteiger partial charge in [-0.1, -0.05) is 42.0 Å². The molecule has 1 heterocycles. The molecule has 0 radical (unpaired) electrons. The van der Waals surface area contributed by atoms with Gasteiger partial charge in [-0.3, -0.25) is 0 Å². The van der Waals surface area contributed by atoms with E-state index in [1.807, 2.05) is 12.1 Å². The predicted octanol–water partition coefficient (Wildman–Crippen LogP) is 4.76. The quantitative estimate of drug-likeness (QED) is 0.712. The van der Waals surface area contributed by atoms with Crippen LogP contribution in [0.4, 0.5) is 17.3 Å². The van der Waals surface area contributed by atoms with Crippen molar-refractivity contribution in [3.63, 3.8) is 0 Å². The number of benzene rings is 2. The summed E-state index contributed by atoms with van der Waals surface area (Å²) >= 11 is 0. The number of hydrogen-bond acceptors (Lipinski definition) is 4. The third kappa shape index (κ3) is 3.90. The maximum absolute atomic E-state index is 4.31. The first-order valence-electron chi connectivity index (χ1n) is 8.06. The zero-order chi connectivity index (χ0) is 16.9. The molecule has 0 amide bonds. The first-order valence-corrected chi connectivity index (χ1v) is 8.06. The van der Waals surface area contributed by atoms with E-state index in [-0.39, 0.29) is 0 Å².